The molecule has 1 aromatic heterocycles. The first-order valence-electron chi connectivity index (χ1n) is 7.75. The maximum Gasteiger partial charge on any atom is 0.256 e. The van der Waals surface area contributed by atoms with E-state index >= 15 is 0 Å². The normalized spacial score (nSPS) is 18.3. The van der Waals surface area contributed by atoms with Crippen molar-refractivity contribution in [2.45, 2.75) is 39.5 Å². The van der Waals surface area contributed by atoms with Gasteiger partial charge in [-0.05, 0) is 62.8 Å². The molecule has 3 nitrogen and oxygen atoms in total. The molecule has 4 heteroatoms. The molecule has 1 amide bonds. The number of benzene rings is 1. The van der Waals surface area contributed by atoms with Crippen molar-refractivity contribution in [2.75, 3.05) is 5.32 Å². The van der Waals surface area contributed by atoms with Gasteiger partial charge in [-0.25, -0.2) is 4.98 Å². The second kappa shape index (κ2) is 5.06. The van der Waals surface area contributed by atoms with Gasteiger partial charge < -0.3 is 5.32 Å². The van der Waals surface area contributed by atoms with Gasteiger partial charge in [-0.15, -0.1) is 11.3 Å². The van der Waals surface area contributed by atoms with E-state index in [2.05, 4.69) is 25.2 Å². The molecule has 2 aromatic rings. The number of hydrogen-bond donors (Lipinski definition) is 1. The molecule has 0 spiro atoms. The lowest BCUT2D eigenvalue weighted by molar-refractivity contribution is -0.110. The summed E-state index contributed by atoms with van der Waals surface area (Å²) in [4.78, 5) is 18.5. The molecular weight excluding hydrogens is 292 g/mol. The van der Waals surface area contributed by atoms with Gasteiger partial charge in [-0.3, -0.25) is 4.79 Å². The Morgan fingerprint density at radius 3 is 2.86 bits per heavy atom. The lowest BCUT2D eigenvalue weighted by Crippen LogP contribution is -2.03. The van der Waals surface area contributed by atoms with Crippen LogP contribution in [0.15, 0.2) is 12.1 Å². The van der Waals surface area contributed by atoms with Gasteiger partial charge in [0.25, 0.3) is 5.91 Å². The van der Waals surface area contributed by atoms with E-state index in [4.69, 9.17) is 4.98 Å². The molecule has 0 bridgehead atoms. The number of aryl methyl sites for hydroxylation is 4. The molecule has 112 valence electrons. The molecule has 2 aliphatic rings. The highest BCUT2D eigenvalue weighted by molar-refractivity contribution is 7.12. The van der Waals surface area contributed by atoms with Crippen LogP contribution in [-0.4, -0.2) is 10.9 Å². The Labute approximate surface area is 134 Å². The van der Waals surface area contributed by atoms with Crippen LogP contribution in [0.2, 0.25) is 0 Å². The molecule has 0 fully saturated rings. The summed E-state index contributed by atoms with van der Waals surface area (Å²) in [7, 11) is 0. The minimum Gasteiger partial charge on any atom is -0.321 e. The van der Waals surface area contributed by atoms with Gasteiger partial charge in [-0.1, -0.05) is 6.07 Å². The maximum atomic E-state index is 12.3. The van der Waals surface area contributed by atoms with E-state index in [1.807, 2.05) is 12.1 Å². The number of thiazole rings is 1. The van der Waals surface area contributed by atoms with E-state index < -0.39 is 0 Å². The number of anilines is 1. The molecule has 0 radical (unpaired) electrons. The molecule has 2 heterocycles. The van der Waals surface area contributed by atoms with Gasteiger partial charge in [0, 0.05) is 16.1 Å². The van der Waals surface area contributed by atoms with Crippen LogP contribution < -0.4 is 5.32 Å². The molecule has 1 N–H and O–H groups in total. The molecule has 0 saturated carbocycles. The summed E-state index contributed by atoms with van der Waals surface area (Å²) in [5.74, 6) is -0.0168. The Hall–Kier alpha value is -1.94. The number of amides is 1. The fraction of sp³-hybridized carbons (Fsp3) is 0.333. The maximum absolute atomic E-state index is 12.3. The standard InChI is InChI=1S/C18H18N2OS/c1-10-7-11(2)17-12(18(21)20-14(17)8-10)9-16-19-13-5-3-4-6-15(13)22-16/h7-9H,3-6H2,1-2H3,(H,20,21). The van der Waals surface area contributed by atoms with Crippen molar-refractivity contribution in [3.8, 4) is 0 Å². The molecule has 0 unspecified atom stereocenters. The summed E-state index contributed by atoms with van der Waals surface area (Å²) in [5.41, 5.74) is 6.25. The minimum absolute atomic E-state index is 0.0168. The lowest BCUT2D eigenvalue weighted by Gasteiger charge is -2.06. The Morgan fingerprint density at radius 2 is 2.05 bits per heavy atom. The molecule has 1 aliphatic heterocycles. The fourth-order valence-corrected chi connectivity index (χ4v) is 4.52. The van der Waals surface area contributed by atoms with Crippen molar-refractivity contribution >= 4 is 34.6 Å². The Balaban J connectivity index is 1.80. The third-order valence-corrected chi connectivity index (χ3v) is 5.48. The van der Waals surface area contributed by atoms with E-state index in [1.165, 1.54) is 29.0 Å². The van der Waals surface area contributed by atoms with Crippen LogP contribution in [0.1, 0.15) is 45.1 Å². The Morgan fingerprint density at radius 1 is 1.23 bits per heavy atom. The summed E-state index contributed by atoms with van der Waals surface area (Å²) < 4.78 is 0. The molecular formula is C18H18N2OS. The van der Waals surface area contributed by atoms with E-state index in [-0.39, 0.29) is 5.91 Å². The second-order valence-electron chi connectivity index (χ2n) is 6.15. The summed E-state index contributed by atoms with van der Waals surface area (Å²) in [6.45, 7) is 4.11. The van der Waals surface area contributed by atoms with Crippen LogP contribution in [0.25, 0.3) is 11.6 Å². The Kier molecular flexibility index (Phi) is 3.15. The largest absolute Gasteiger partial charge is 0.321 e. The van der Waals surface area contributed by atoms with Crippen LogP contribution in [0.4, 0.5) is 5.69 Å². The number of aromatic nitrogens is 1. The van der Waals surface area contributed by atoms with Crippen molar-refractivity contribution in [1.29, 1.82) is 0 Å². The van der Waals surface area contributed by atoms with Gasteiger partial charge in [0.05, 0.1) is 11.3 Å². The highest BCUT2D eigenvalue weighted by Crippen LogP contribution is 2.37. The topological polar surface area (TPSA) is 42.0 Å². The first kappa shape index (κ1) is 13.7. The molecule has 1 aliphatic carbocycles. The summed E-state index contributed by atoms with van der Waals surface area (Å²) in [6, 6.07) is 4.16. The van der Waals surface area contributed by atoms with E-state index in [9.17, 15) is 4.79 Å². The fourth-order valence-electron chi connectivity index (χ4n) is 3.42. The first-order chi connectivity index (χ1) is 10.6. The minimum atomic E-state index is -0.0168. The number of hydrogen-bond acceptors (Lipinski definition) is 3. The van der Waals surface area contributed by atoms with Crippen molar-refractivity contribution < 1.29 is 4.79 Å². The van der Waals surface area contributed by atoms with E-state index in [0.29, 0.717) is 0 Å². The number of nitrogens with zero attached hydrogens (tertiary/aromatic N) is 1. The molecule has 0 saturated heterocycles. The quantitative estimate of drug-likeness (QED) is 0.805. The van der Waals surface area contributed by atoms with Crippen molar-refractivity contribution in [3.63, 3.8) is 0 Å². The van der Waals surface area contributed by atoms with Crippen LogP contribution in [0, 0.1) is 13.8 Å². The molecule has 0 atom stereocenters. The van der Waals surface area contributed by atoms with Crippen molar-refractivity contribution in [3.05, 3.63) is 44.4 Å². The summed E-state index contributed by atoms with van der Waals surface area (Å²) >= 11 is 1.74. The smallest absolute Gasteiger partial charge is 0.256 e. The number of nitrogens with one attached hydrogen (secondary N) is 1. The van der Waals surface area contributed by atoms with Gasteiger partial charge in [0.1, 0.15) is 5.01 Å². The van der Waals surface area contributed by atoms with Crippen LogP contribution >= 0.6 is 11.3 Å². The SMILES string of the molecule is Cc1cc(C)c2c(c1)NC(=O)C2=Cc1nc2c(s1)CCCC2. The number of fused-ring (bicyclic) bond motifs is 2. The number of rotatable bonds is 1. The first-order valence-corrected chi connectivity index (χ1v) is 8.57. The zero-order valence-electron chi connectivity index (χ0n) is 12.8. The monoisotopic (exact) mass is 310 g/mol. The van der Waals surface area contributed by atoms with Crippen LogP contribution in [-0.2, 0) is 17.6 Å². The van der Waals surface area contributed by atoms with Gasteiger partial charge in [0.2, 0.25) is 0 Å². The summed E-state index contributed by atoms with van der Waals surface area (Å²) in [5, 5.41) is 3.94. The second-order valence-corrected chi connectivity index (χ2v) is 7.26. The predicted molar refractivity (Wildman–Crippen MR) is 91.2 cm³/mol. The third kappa shape index (κ3) is 2.18. The van der Waals surface area contributed by atoms with Gasteiger partial charge in [-0.2, -0.15) is 0 Å². The average Bonchev–Trinajstić information content (AvgIpc) is 3.00. The molecule has 1 aromatic carbocycles. The summed E-state index contributed by atoms with van der Waals surface area (Å²) in [6.07, 6.45) is 6.67. The van der Waals surface area contributed by atoms with E-state index in [1.54, 1.807) is 11.3 Å². The molecule has 4 rings (SSSR count). The zero-order valence-corrected chi connectivity index (χ0v) is 13.6. The highest BCUT2D eigenvalue weighted by atomic mass is 32.1. The Bertz CT molecular complexity index is 793. The lowest BCUT2D eigenvalue weighted by atomic mass is 9.99. The van der Waals surface area contributed by atoms with Gasteiger partial charge in [0.15, 0.2) is 0 Å². The average molecular weight is 310 g/mol. The van der Waals surface area contributed by atoms with Crippen molar-refractivity contribution in [1.82, 2.24) is 4.98 Å². The highest BCUT2D eigenvalue weighted by Gasteiger charge is 2.26. The zero-order chi connectivity index (χ0) is 15.3. The van der Waals surface area contributed by atoms with Crippen molar-refractivity contribution in [2.24, 2.45) is 0 Å². The number of carbonyl (C=O) groups excluding carboxylic acids is 1. The molecule has 22 heavy (non-hydrogen) atoms. The van der Waals surface area contributed by atoms with Crippen LogP contribution in [0.5, 0.6) is 0 Å². The van der Waals surface area contributed by atoms with E-state index in [0.717, 1.165) is 40.2 Å². The third-order valence-electron chi connectivity index (χ3n) is 4.37. The predicted octanol–water partition coefficient (Wildman–Crippen LogP) is 4.13. The number of carbonyl (C=O) groups is 1. The van der Waals surface area contributed by atoms with Gasteiger partial charge >= 0.3 is 0 Å². The van der Waals surface area contributed by atoms with Crippen LogP contribution in [0.3, 0.4) is 0 Å².